The zero-order valence-corrected chi connectivity index (χ0v) is 29.1. The van der Waals surface area contributed by atoms with Crippen LogP contribution in [0.1, 0.15) is 36.4 Å². The molecule has 9 aromatic rings. The van der Waals surface area contributed by atoms with Crippen LogP contribution in [0.25, 0.3) is 100 Å². The van der Waals surface area contributed by atoms with Gasteiger partial charge < -0.3 is 8.98 Å². The van der Waals surface area contributed by atoms with Crippen molar-refractivity contribution in [1.82, 2.24) is 4.57 Å². The molecule has 0 amide bonds. The number of fused-ring (bicyclic) bond motifs is 8. The van der Waals surface area contributed by atoms with Crippen molar-refractivity contribution in [2.75, 3.05) is 0 Å². The number of benzene rings is 7. The molecule has 7 aromatic carbocycles. The number of furan rings is 1. The molecule has 0 aliphatic heterocycles. The molecule has 2 nitrogen and oxygen atoms in total. The normalized spacial score (nSPS) is 12.1. The quantitative estimate of drug-likeness (QED) is 0.163. The molecule has 2 heteroatoms. The number of hydrogen-bond donors (Lipinski definition) is 0. The highest BCUT2D eigenvalue weighted by Gasteiger charge is 2.17. The molecular weight excluding hydrogens is 619 g/mol. The molecule has 0 N–H and O–H groups in total. The Kier molecular flexibility index (Phi) is 7.33. The Labute approximate surface area is 297 Å². The Balaban J connectivity index is 1.22. The fourth-order valence-electron chi connectivity index (χ4n) is 8.00. The highest BCUT2D eigenvalue weighted by molar-refractivity contribution is 6.25. The van der Waals surface area contributed by atoms with Crippen LogP contribution in [0.15, 0.2) is 151 Å². The molecule has 0 bridgehead atoms. The van der Waals surface area contributed by atoms with Crippen LogP contribution in [-0.2, 0) is 0 Å². The summed E-state index contributed by atoms with van der Waals surface area (Å²) in [6.45, 7) is 10.3. The highest BCUT2D eigenvalue weighted by atomic mass is 16.3. The maximum Gasteiger partial charge on any atom is 0.135 e. The Morgan fingerprint density at radius 2 is 1.10 bits per heavy atom. The predicted molar refractivity (Wildman–Crippen MR) is 221 cm³/mol. The van der Waals surface area contributed by atoms with Crippen LogP contribution in [0.2, 0.25) is 0 Å². The van der Waals surface area contributed by atoms with Crippen LogP contribution in [0.5, 0.6) is 0 Å². The fourth-order valence-corrected chi connectivity index (χ4v) is 8.00. The average molecular weight is 656 g/mol. The van der Waals surface area contributed by atoms with Gasteiger partial charge in [-0.3, -0.25) is 0 Å². The zero-order chi connectivity index (χ0) is 34.6. The molecule has 0 saturated carbocycles. The molecule has 0 aliphatic carbocycles. The number of aryl methyl sites for hydroxylation is 1. The standard InChI is InChI=1S/C49H37NO/c1-5-13-43-45-29-34(23-26-49(45)51-48(43)7-3)35-21-24-37-31(4)46(14-6-2)50(47(37)30-35)36-16-12-15-32(27-36)33-22-25-42-40-19-9-8-17-38(40)39-18-10-11-20-41(39)44(42)28-33/h5-30H,3H2,1-2,4H3/b13-5-,14-6-. The second-order valence-corrected chi connectivity index (χ2v) is 13.3. The lowest BCUT2D eigenvalue weighted by Gasteiger charge is -2.14. The average Bonchev–Trinajstić information content (AvgIpc) is 3.67. The van der Waals surface area contributed by atoms with E-state index in [-0.39, 0.29) is 0 Å². The highest BCUT2D eigenvalue weighted by Crippen LogP contribution is 2.39. The summed E-state index contributed by atoms with van der Waals surface area (Å²) in [6, 6.07) is 46.8. The van der Waals surface area contributed by atoms with Crippen LogP contribution in [0, 0.1) is 6.92 Å². The van der Waals surface area contributed by atoms with Gasteiger partial charge in [-0.2, -0.15) is 0 Å². The van der Waals surface area contributed by atoms with E-state index >= 15 is 0 Å². The summed E-state index contributed by atoms with van der Waals surface area (Å²) in [5.74, 6) is 0.795. The molecule has 244 valence electrons. The minimum atomic E-state index is 0.795. The van der Waals surface area contributed by atoms with Crippen LogP contribution >= 0.6 is 0 Å². The summed E-state index contributed by atoms with van der Waals surface area (Å²) in [7, 11) is 0. The van der Waals surface area contributed by atoms with Gasteiger partial charge in [-0.1, -0.05) is 116 Å². The zero-order valence-electron chi connectivity index (χ0n) is 29.1. The molecule has 2 heterocycles. The lowest BCUT2D eigenvalue weighted by molar-refractivity contribution is 0.603. The van der Waals surface area contributed by atoms with Gasteiger partial charge in [-0.15, -0.1) is 0 Å². The Hall–Kier alpha value is -6.38. The second-order valence-electron chi connectivity index (χ2n) is 13.3. The summed E-state index contributed by atoms with van der Waals surface area (Å²) in [5, 5.41) is 10.1. The van der Waals surface area contributed by atoms with Crippen molar-refractivity contribution in [2.24, 2.45) is 0 Å². The number of allylic oxidation sites excluding steroid dienone is 2. The summed E-state index contributed by atoms with van der Waals surface area (Å²) in [6.07, 6.45) is 10.3. The summed E-state index contributed by atoms with van der Waals surface area (Å²) < 4.78 is 8.53. The maximum absolute atomic E-state index is 6.12. The van der Waals surface area contributed by atoms with E-state index in [2.05, 4.69) is 171 Å². The second kappa shape index (κ2) is 12.2. The van der Waals surface area contributed by atoms with E-state index in [0.717, 1.165) is 39.1 Å². The molecule has 0 radical (unpaired) electrons. The third kappa shape index (κ3) is 4.87. The van der Waals surface area contributed by atoms with E-state index in [0.29, 0.717) is 0 Å². The van der Waals surface area contributed by atoms with Crippen molar-refractivity contribution < 1.29 is 4.42 Å². The van der Waals surface area contributed by atoms with E-state index in [9.17, 15) is 0 Å². The maximum atomic E-state index is 6.12. The summed E-state index contributed by atoms with van der Waals surface area (Å²) in [4.78, 5) is 0. The SMILES string of the molecule is C=Cc1oc2ccc(-c3ccc4c(C)c(/C=C\C)n(-c5cccc(-c6ccc7c8ccccc8c8ccccc8c7c6)c5)c4c3)cc2c1/C=C\C. The third-order valence-corrected chi connectivity index (χ3v) is 10.4. The number of rotatable bonds is 6. The summed E-state index contributed by atoms with van der Waals surface area (Å²) in [5.41, 5.74) is 11.4. The lowest BCUT2D eigenvalue weighted by atomic mass is 9.92. The van der Waals surface area contributed by atoms with Gasteiger partial charge in [0.05, 0.1) is 5.52 Å². The van der Waals surface area contributed by atoms with Crippen LogP contribution in [0.4, 0.5) is 0 Å². The monoisotopic (exact) mass is 655 g/mol. The molecule has 51 heavy (non-hydrogen) atoms. The molecule has 2 aromatic heterocycles. The van der Waals surface area contributed by atoms with Gasteiger partial charge >= 0.3 is 0 Å². The van der Waals surface area contributed by atoms with E-state index in [4.69, 9.17) is 4.42 Å². The molecule has 0 spiro atoms. The minimum absolute atomic E-state index is 0.795. The molecule has 0 aliphatic rings. The van der Waals surface area contributed by atoms with Gasteiger partial charge in [0.15, 0.2) is 0 Å². The first-order valence-electron chi connectivity index (χ1n) is 17.6. The Morgan fingerprint density at radius 1 is 0.529 bits per heavy atom. The molecular formula is C49H37NO. The van der Waals surface area contributed by atoms with Crippen molar-refractivity contribution in [2.45, 2.75) is 20.8 Å². The van der Waals surface area contributed by atoms with E-state index in [1.165, 1.54) is 65.6 Å². The van der Waals surface area contributed by atoms with Gasteiger partial charge in [0.1, 0.15) is 11.3 Å². The predicted octanol–water partition coefficient (Wildman–Crippen LogP) is 14.2. The van der Waals surface area contributed by atoms with E-state index in [1.54, 1.807) is 6.08 Å². The number of hydrogen-bond acceptors (Lipinski definition) is 1. The van der Waals surface area contributed by atoms with Crippen molar-refractivity contribution in [1.29, 1.82) is 0 Å². The van der Waals surface area contributed by atoms with Crippen molar-refractivity contribution >= 4 is 72.4 Å². The largest absolute Gasteiger partial charge is 0.456 e. The number of aromatic nitrogens is 1. The smallest absolute Gasteiger partial charge is 0.135 e. The molecule has 0 saturated heterocycles. The third-order valence-electron chi connectivity index (χ3n) is 10.4. The molecule has 0 unspecified atom stereocenters. The fraction of sp³-hybridized carbons (Fsp3) is 0.0612. The molecule has 9 rings (SSSR count). The first-order valence-corrected chi connectivity index (χ1v) is 17.6. The minimum Gasteiger partial charge on any atom is -0.456 e. The van der Waals surface area contributed by atoms with Crippen molar-refractivity contribution in [3.05, 3.63) is 169 Å². The van der Waals surface area contributed by atoms with Crippen LogP contribution < -0.4 is 0 Å². The van der Waals surface area contributed by atoms with E-state index in [1.807, 2.05) is 13.0 Å². The first-order chi connectivity index (χ1) is 25.1. The Morgan fingerprint density at radius 3 is 1.76 bits per heavy atom. The number of nitrogens with zero attached hydrogens (tertiary/aromatic N) is 1. The first kappa shape index (κ1) is 30.7. The van der Waals surface area contributed by atoms with E-state index < -0.39 is 0 Å². The lowest BCUT2D eigenvalue weighted by Crippen LogP contribution is -1.98. The van der Waals surface area contributed by atoms with Crippen LogP contribution in [0.3, 0.4) is 0 Å². The van der Waals surface area contributed by atoms with Gasteiger partial charge in [0.2, 0.25) is 0 Å². The molecule has 0 fully saturated rings. The summed E-state index contributed by atoms with van der Waals surface area (Å²) >= 11 is 0. The topological polar surface area (TPSA) is 18.1 Å². The van der Waals surface area contributed by atoms with Gasteiger partial charge in [0, 0.05) is 27.7 Å². The van der Waals surface area contributed by atoms with Gasteiger partial charge in [-0.25, -0.2) is 0 Å². The van der Waals surface area contributed by atoms with Gasteiger partial charge in [-0.05, 0) is 129 Å². The van der Waals surface area contributed by atoms with Crippen LogP contribution in [-0.4, -0.2) is 4.57 Å². The Bertz CT molecular complexity index is 2870. The van der Waals surface area contributed by atoms with Gasteiger partial charge in [0.25, 0.3) is 0 Å². The molecule has 0 atom stereocenters. The van der Waals surface area contributed by atoms with Crippen molar-refractivity contribution in [3.8, 4) is 27.9 Å². The van der Waals surface area contributed by atoms with Crippen molar-refractivity contribution in [3.63, 3.8) is 0 Å².